The van der Waals surface area contributed by atoms with E-state index in [2.05, 4.69) is 8.75 Å². The minimum absolute atomic E-state index is 0.201. The molecule has 0 aliphatic carbocycles. The summed E-state index contributed by atoms with van der Waals surface area (Å²) in [7, 11) is -3.60. The Bertz CT molecular complexity index is 873. The molecule has 2 aliphatic rings. The van der Waals surface area contributed by atoms with E-state index in [1.165, 1.54) is 0 Å². The summed E-state index contributed by atoms with van der Waals surface area (Å²) in [6.45, 7) is 1.79. The molecule has 7 nitrogen and oxygen atoms in total. The second-order valence-corrected chi connectivity index (χ2v) is 9.63. The van der Waals surface area contributed by atoms with Crippen molar-refractivity contribution < 1.29 is 18.3 Å². The van der Waals surface area contributed by atoms with Gasteiger partial charge in [-0.1, -0.05) is 6.07 Å². The second kappa shape index (κ2) is 7.12. The molecule has 0 saturated carbocycles. The molecule has 2 saturated heterocycles. The van der Waals surface area contributed by atoms with Crippen LogP contribution in [0.1, 0.15) is 32.1 Å². The number of hydrogen-bond donors (Lipinski definition) is 1. The number of aliphatic hydroxyl groups is 1. The van der Waals surface area contributed by atoms with Crippen molar-refractivity contribution in [1.82, 2.24) is 13.1 Å². The van der Waals surface area contributed by atoms with Crippen LogP contribution in [0.3, 0.4) is 0 Å². The molecule has 4 rings (SSSR count). The molecule has 2 fully saturated rings. The highest BCUT2D eigenvalue weighted by Gasteiger charge is 2.43. The summed E-state index contributed by atoms with van der Waals surface area (Å²) in [6.07, 6.45) is 4.07. The lowest BCUT2D eigenvalue weighted by Gasteiger charge is -2.45. The third kappa shape index (κ3) is 3.27. The maximum absolute atomic E-state index is 13.1. The van der Waals surface area contributed by atoms with Gasteiger partial charge in [-0.25, -0.2) is 8.42 Å². The van der Waals surface area contributed by atoms with E-state index in [1.807, 2.05) is 0 Å². The highest BCUT2D eigenvalue weighted by atomic mass is 32.2. The number of hydrogen-bond acceptors (Lipinski definition) is 7. The third-order valence-electron chi connectivity index (χ3n) is 5.63. The number of nitrogens with zero attached hydrogens (tertiary/aromatic N) is 3. The number of sulfonamides is 1. The third-order valence-corrected chi connectivity index (χ3v) is 8.11. The van der Waals surface area contributed by atoms with E-state index in [0.29, 0.717) is 49.5 Å². The largest absolute Gasteiger partial charge is 0.396 e. The van der Waals surface area contributed by atoms with Gasteiger partial charge in [0.15, 0.2) is 0 Å². The van der Waals surface area contributed by atoms with Crippen molar-refractivity contribution in [2.24, 2.45) is 5.92 Å². The van der Waals surface area contributed by atoms with Crippen LogP contribution in [0.2, 0.25) is 0 Å². The molecule has 2 aliphatic heterocycles. The molecule has 1 N–H and O–H groups in total. The van der Waals surface area contributed by atoms with Gasteiger partial charge in [-0.3, -0.25) is 0 Å². The Morgan fingerprint density at radius 2 is 2.12 bits per heavy atom. The highest BCUT2D eigenvalue weighted by molar-refractivity contribution is 7.89. The lowest BCUT2D eigenvalue weighted by atomic mass is 9.79. The summed E-state index contributed by atoms with van der Waals surface area (Å²) in [5.74, 6) is 0.465. The molecule has 1 unspecified atom stereocenters. The summed E-state index contributed by atoms with van der Waals surface area (Å²) in [5.41, 5.74) is 0.833. The van der Waals surface area contributed by atoms with E-state index in [1.54, 1.807) is 22.5 Å². The Kier molecular flexibility index (Phi) is 5.00. The molecule has 1 atom stereocenters. The van der Waals surface area contributed by atoms with E-state index in [-0.39, 0.29) is 17.1 Å². The van der Waals surface area contributed by atoms with Gasteiger partial charge in [-0.05, 0) is 50.2 Å². The lowest BCUT2D eigenvalue weighted by molar-refractivity contribution is -0.122. The van der Waals surface area contributed by atoms with Crippen molar-refractivity contribution in [3.63, 3.8) is 0 Å². The van der Waals surface area contributed by atoms with Gasteiger partial charge >= 0.3 is 0 Å². The standard InChI is InChI=1S/C17H23N3O4S2/c21-10-4-13-5-11-24-17(12-13)6-8-20(9-7-17)26(22,23)15-3-1-2-14-16(15)19-25-18-14/h1-3,13,21H,4-12H2. The van der Waals surface area contributed by atoms with Gasteiger partial charge in [0, 0.05) is 26.3 Å². The van der Waals surface area contributed by atoms with Gasteiger partial charge in [0.05, 0.1) is 17.3 Å². The quantitative estimate of drug-likeness (QED) is 0.849. The van der Waals surface area contributed by atoms with E-state index < -0.39 is 10.0 Å². The number of benzene rings is 1. The van der Waals surface area contributed by atoms with E-state index >= 15 is 0 Å². The van der Waals surface area contributed by atoms with Crippen molar-refractivity contribution in [1.29, 1.82) is 0 Å². The van der Waals surface area contributed by atoms with Crippen molar-refractivity contribution in [3.05, 3.63) is 18.2 Å². The molecule has 0 amide bonds. The molecule has 0 bridgehead atoms. The predicted octanol–water partition coefficient (Wildman–Crippen LogP) is 2.02. The van der Waals surface area contributed by atoms with Crippen molar-refractivity contribution in [2.45, 2.75) is 42.6 Å². The summed E-state index contributed by atoms with van der Waals surface area (Å²) >= 11 is 1.03. The second-order valence-electron chi connectivity index (χ2n) is 7.19. The van der Waals surface area contributed by atoms with Crippen LogP contribution in [0.4, 0.5) is 0 Å². The van der Waals surface area contributed by atoms with Crippen LogP contribution in [0.25, 0.3) is 11.0 Å². The summed E-state index contributed by atoms with van der Waals surface area (Å²) in [5, 5.41) is 9.21. The maximum Gasteiger partial charge on any atom is 0.245 e. The molecule has 1 aromatic carbocycles. The Morgan fingerprint density at radius 1 is 1.31 bits per heavy atom. The molecular weight excluding hydrogens is 374 g/mol. The first-order valence-corrected chi connectivity index (χ1v) is 11.2. The summed E-state index contributed by atoms with van der Waals surface area (Å²) in [4.78, 5) is 0.238. The fourth-order valence-corrected chi connectivity index (χ4v) is 6.36. The van der Waals surface area contributed by atoms with Crippen molar-refractivity contribution >= 4 is 32.8 Å². The number of piperidine rings is 1. The lowest BCUT2D eigenvalue weighted by Crippen LogP contribution is -2.50. The fraction of sp³-hybridized carbons (Fsp3) is 0.647. The molecular formula is C17H23N3O4S2. The molecule has 3 heterocycles. The summed E-state index contributed by atoms with van der Waals surface area (Å²) in [6, 6.07) is 5.10. The van der Waals surface area contributed by atoms with Crippen LogP contribution in [-0.4, -0.2) is 58.5 Å². The molecule has 142 valence electrons. The summed E-state index contributed by atoms with van der Waals surface area (Å²) < 4.78 is 42.2. The normalized spacial score (nSPS) is 24.3. The minimum Gasteiger partial charge on any atom is -0.396 e. The van der Waals surface area contributed by atoms with Crippen LogP contribution in [0, 0.1) is 5.92 Å². The van der Waals surface area contributed by atoms with Crippen LogP contribution >= 0.6 is 11.7 Å². The van der Waals surface area contributed by atoms with Crippen molar-refractivity contribution in [2.75, 3.05) is 26.3 Å². The van der Waals surface area contributed by atoms with Gasteiger partial charge in [-0.2, -0.15) is 13.1 Å². The van der Waals surface area contributed by atoms with Gasteiger partial charge in [0.25, 0.3) is 0 Å². The zero-order valence-corrected chi connectivity index (χ0v) is 16.1. The SMILES string of the molecule is O=S(=O)(c1cccc2nsnc12)N1CCC2(CC1)CC(CCO)CCO2. The molecule has 0 radical (unpaired) electrons. The average Bonchev–Trinajstić information content (AvgIpc) is 3.11. The zero-order chi connectivity index (χ0) is 18.2. The van der Waals surface area contributed by atoms with E-state index in [4.69, 9.17) is 4.74 Å². The van der Waals surface area contributed by atoms with E-state index in [0.717, 1.165) is 31.0 Å². The van der Waals surface area contributed by atoms with Gasteiger partial charge in [0.1, 0.15) is 15.9 Å². The molecule has 9 heteroatoms. The first-order chi connectivity index (χ1) is 12.5. The minimum atomic E-state index is -3.60. The van der Waals surface area contributed by atoms with Crippen LogP contribution in [0.15, 0.2) is 23.1 Å². The van der Waals surface area contributed by atoms with Crippen molar-refractivity contribution in [3.8, 4) is 0 Å². The van der Waals surface area contributed by atoms with Gasteiger partial charge in [0.2, 0.25) is 10.0 Å². The molecule has 1 aromatic heterocycles. The molecule has 26 heavy (non-hydrogen) atoms. The predicted molar refractivity (Wildman–Crippen MR) is 98.5 cm³/mol. The Hall–Kier alpha value is -1.13. The number of rotatable bonds is 4. The van der Waals surface area contributed by atoms with Crippen LogP contribution < -0.4 is 0 Å². The molecule has 1 spiro atoms. The first kappa shape index (κ1) is 18.2. The van der Waals surface area contributed by atoms with Gasteiger partial charge in [-0.15, -0.1) is 0 Å². The number of aromatic nitrogens is 2. The smallest absolute Gasteiger partial charge is 0.245 e. The fourth-order valence-electron chi connectivity index (χ4n) is 4.17. The monoisotopic (exact) mass is 397 g/mol. The average molecular weight is 398 g/mol. The maximum atomic E-state index is 13.1. The van der Waals surface area contributed by atoms with Crippen LogP contribution in [0.5, 0.6) is 0 Å². The Balaban J connectivity index is 1.51. The first-order valence-electron chi connectivity index (χ1n) is 9.00. The van der Waals surface area contributed by atoms with E-state index in [9.17, 15) is 13.5 Å². The molecule has 2 aromatic rings. The Morgan fingerprint density at radius 3 is 2.88 bits per heavy atom. The highest BCUT2D eigenvalue weighted by Crippen LogP contribution is 2.40. The zero-order valence-electron chi connectivity index (χ0n) is 14.5. The Labute approximate surface area is 157 Å². The number of fused-ring (bicyclic) bond motifs is 1. The van der Waals surface area contributed by atoms with Crippen LogP contribution in [-0.2, 0) is 14.8 Å². The topological polar surface area (TPSA) is 92.6 Å². The number of aliphatic hydroxyl groups excluding tert-OH is 1. The number of ether oxygens (including phenoxy) is 1. The van der Waals surface area contributed by atoms with Gasteiger partial charge < -0.3 is 9.84 Å².